The minimum Gasteiger partial charge on any atom is -0.344 e. The van der Waals surface area contributed by atoms with Crippen molar-refractivity contribution in [2.45, 2.75) is 80.2 Å². The van der Waals surface area contributed by atoms with E-state index in [9.17, 15) is 0 Å². The molecule has 0 aromatic carbocycles. The highest BCUT2D eigenvalue weighted by Crippen LogP contribution is 2.45. The highest BCUT2D eigenvalue weighted by molar-refractivity contribution is 5.66. The van der Waals surface area contributed by atoms with Gasteiger partial charge in [-0.1, -0.05) is 33.3 Å². The van der Waals surface area contributed by atoms with Gasteiger partial charge in [0, 0.05) is 17.9 Å². The van der Waals surface area contributed by atoms with Crippen LogP contribution in [0.3, 0.4) is 0 Å². The molecule has 2 atom stereocenters. The molecule has 0 unspecified atom stereocenters. The van der Waals surface area contributed by atoms with Crippen LogP contribution in [0.1, 0.15) is 82.8 Å². The summed E-state index contributed by atoms with van der Waals surface area (Å²) < 4.78 is 0. The number of nitrogens with zero attached hydrogens (tertiary/aromatic N) is 2. The monoisotopic (exact) mass is 300 g/mol. The number of hydrogen-bond acceptors (Lipinski definition) is 2. The standard InChI is InChI=1S/C20H32N2/c1-11(2)19-20-18(16(8)17(9)21-19)15(7)14(6)13(5)10-22(20)12(3)4/h10-12,14-15H,1-9H3/t14-,15-/m1/s1. The van der Waals surface area contributed by atoms with Crippen LogP contribution in [0.2, 0.25) is 0 Å². The first kappa shape index (κ1) is 17.1. The molecule has 2 heterocycles. The number of aromatic nitrogens is 1. The molecular formula is C20H32N2. The van der Waals surface area contributed by atoms with Gasteiger partial charge < -0.3 is 4.90 Å². The minimum absolute atomic E-state index is 0.434. The van der Waals surface area contributed by atoms with Crippen LogP contribution >= 0.6 is 0 Å². The Labute approximate surface area is 136 Å². The zero-order valence-electron chi connectivity index (χ0n) is 15.8. The Morgan fingerprint density at radius 1 is 1.00 bits per heavy atom. The minimum atomic E-state index is 0.434. The van der Waals surface area contributed by atoms with Crippen molar-refractivity contribution in [2.24, 2.45) is 5.92 Å². The van der Waals surface area contributed by atoms with Gasteiger partial charge in [-0.05, 0) is 63.5 Å². The zero-order chi connectivity index (χ0) is 16.8. The molecule has 0 saturated heterocycles. The normalized spacial score (nSPS) is 22.0. The van der Waals surface area contributed by atoms with E-state index in [0.717, 1.165) is 0 Å². The van der Waals surface area contributed by atoms with Crippen molar-refractivity contribution in [1.29, 1.82) is 0 Å². The van der Waals surface area contributed by atoms with E-state index in [1.54, 1.807) is 0 Å². The van der Waals surface area contributed by atoms with Crippen LogP contribution < -0.4 is 4.90 Å². The first-order valence-corrected chi connectivity index (χ1v) is 8.64. The van der Waals surface area contributed by atoms with E-state index in [-0.39, 0.29) is 0 Å². The van der Waals surface area contributed by atoms with E-state index in [1.807, 2.05) is 0 Å². The van der Waals surface area contributed by atoms with Gasteiger partial charge in [0.1, 0.15) is 0 Å². The fourth-order valence-corrected chi connectivity index (χ4v) is 3.51. The maximum absolute atomic E-state index is 4.97. The molecule has 2 nitrogen and oxygen atoms in total. The van der Waals surface area contributed by atoms with Crippen molar-refractivity contribution in [3.05, 3.63) is 34.3 Å². The van der Waals surface area contributed by atoms with Gasteiger partial charge in [-0.25, -0.2) is 0 Å². The van der Waals surface area contributed by atoms with E-state index in [4.69, 9.17) is 4.98 Å². The van der Waals surface area contributed by atoms with Crippen molar-refractivity contribution < 1.29 is 0 Å². The second-order valence-electron chi connectivity index (χ2n) is 7.58. The molecule has 0 saturated carbocycles. The van der Waals surface area contributed by atoms with Crippen LogP contribution in [0.15, 0.2) is 11.8 Å². The summed E-state index contributed by atoms with van der Waals surface area (Å²) in [5, 5.41) is 0. The molecule has 0 radical (unpaired) electrons. The van der Waals surface area contributed by atoms with Gasteiger partial charge in [0.2, 0.25) is 0 Å². The number of hydrogen-bond donors (Lipinski definition) is 0. The van der Waals surface area contributed by atoms with Crippen LogP contribution in [0, 0.1) is 19.8 Å². The lowest BCUT2D eigenvalue weighted by atomic mass is 9.81. The Kier molecular flexibility index (Phi) is 4.70. The van der Waals surface area contributed by atoms with Crippen molar-refractivity contribution in [3.8, 4) is 0 Å². The maximum Gasteiger partial charge on any atom is 0.0671 e. The van der Waals surface area contributed by atoms with E-state index in [0.29, 0.717) is 23.8 Å². The summed E-state index contributed by atoms with van der Waals surface area (Å²) in [5.74, 6) is 1.51. The van der Waals surface area contributed by atoms with E-state index in [2.05, 4.69) is 73.4 Å². The SMILES string of the molecule is CC1=CN(C(C)C)c2c(C(C)C)nc(C)c(C)c2[C@H](C)[C@@H]1C. The smallest absolute Gasteiger partial charge is 0.0671 e. The van der Waals surface area contributed by atoms with Crippen LogP contribution in [-0.2, 0) is 0 Å². The molecule has 0 bridgehead atoms. The number of fused-ring (bicyclic) bond motifs is 1. The number of allylic oxidation sites excluding steroid dienone is 1. The number of anilines is 1. The summed E-state index contributed by atoms with van der Waals surface area (Å²) >= 11 is 0. The third-order valence-corrected chi connectivity index (χ3v) is 5.36. The lowest BCUT2D eigenvalue weighted by Gasteiger charge is -2.32. The van der Waals surface area contributed by atoms with Crippen molar-refractivity contribution in [2.75, 3.05) is 4.90 Å². The van der Waals surface area contributed by atoms with Crippen LogP contribution in [0.5, 0.6) is 0 Å². The Morgan fingerprint density at radius 3 is 2.09 bits per heavy atom. The quantitative estimate of drug-likeness (QED) is 0.697. The molecule has 0 N–H and O–H groups in total. The second-order valence-corrected chi connectivity index (χ2v) is 7.58. The van der Waals surface area contributed by atoms with Crippen LogP contribution in [0.25, 0.3) is 0 Å². The average Bonchev–Trinajstić information content (AvgIpc) is 2.53. The van der Waals surface area contributed by atoms with Crippen molar-refractivity contribution in [3.63, 3.8) is 0 Å². The summed E-state index contributed by atoms with van der Waals surface area (Å²) in [4.78, 5) is 7.43. The molecule has 1 aromatic rings. The average molecular weight is 300 g/mol. The van der Waals surface area contributed by atoms with Gasteiger partial charge in [-0.2, -0.15) is 0 Å². The molecule has 122 valence electrons. The zero-order valence-corrected chi connectivity index (χ0v) is 15.8. The maximum atomic E-state index is 4.97. The Hall–Kier alpha value is -1.31. The molecular weight excluding hydrogens is 268 g/mol. The van der Waals surface area contributed by atoms with Crippen molar-refractivity contribution in [1.82, 2.24) is 4.98 Å². The Morgan fingerprint density at radius 2 is 1.59 bits per heavy atom. The lowest BCUT2D eigenvalue weighted by Crippen LogP contribution is -2.28. The summed E-state index contributed by atoms with van der Waals surface area (Å²) in [6.07, 6.45) is 2.36. The topological polar surface area (TPSA) is 16.1 Å². The molecule has 1 aliphatic heterocycles. The predicted molar refractivity (Wildman–Crippen MR) is 96.8 cm³/mol. The van der Waals surface area contributed by atoms with Gasteiger partial charge in [0.05, 0.1) is 11.4 Å². The van der Waals surface area contributed by atoms with Gasteiger partial charge in [0.25, 0.3) is 0 Å². The molecule has 22 heavy (non-hydrogen) atoms. The summed E-state index contributed by atoms with van der Waals surface area (Å²) in [7, 11) is 0. The van der Waals surface area contributed by atoms with Crippen LogP contribution in [-0.4, -0.2) is 11.0 Å². The molecule has 0 amide bonds. The molecule has 1 aliphatic rings. The first-order chi connectivity index (χ1) is 10.2. The van der Waals surface area contributed by atoms with Gasteiger partial charge >= 0.3 is 0 Å². The highest BCUT2D eigenvalue weighted by atomic mass is 15.2. The summed E-state index contributed by atoms with van der Waals surface area (Å²) in [6.45, 7) is 20.5. The van der Waals surface area contributed by atoms with Gasteiger partial charge in [0.15, 0.2) is 0 Å². The van der Waals surface area contributed by atoms with E-state index < -0.39 is 0 Å². The van der Waals surface area contributed by atoms with Crippen molar-refractivity contribution >= 4 is 5.69 Å². The molecule has 0 aliphatic carbocycles. The summed E-state index contributed by atoms with van der Waals surface area (Å²) in [6, 6.07) is 0.438. The molecule has 0 fully saturated rings. The first-order valence-electron chi connectivity index (χ1n) is 8.64. The Balaban J connectivity index is 2.87. The highest BCUT2D eigenvalue weighted by Gasteiger charge is 2.31. The molecule has 2 heteroatoms. The largest absolute Gasteiger partial charge is 0.344 e. The van der Waals surface area contributed by atoms with E-state index in [1.165, 1.54) is 33.8 Å². The van der Waals surface area contributed by atoms with E-state index >= 15 is 0 Å². The third-order valence-electron chi connectivity index (χ3n) is 5.36. The van der Waals surface area contributed by atoms with Gasteiger partial charge in [-0.3, -0.25) is 4.98 Å². The fourth-order valence-electron chi connectivity index (χ4n) is 3.51. The molecule has 0 spiro atoms. The second kappa shape index (κ2) is 6.06. The number of rotatable bonds is 2. The number of pyridine rings is 1. The molecule has 2 rings (SSSR count). The number of aryl methyl sites for hydroxylation is 1. The predicted octanol–water partition coefficient (Wildman–Crippen LogP) is 5.69. The summed E-state index contributed by atoms with van der Waals surface area (Å²) in [5.41, 5.74) is 8.13. The Bertz CT molecular complexity index is 596. The third kappa shape index (κ3) is 2.68. The van der Waals surface area contributed by atoms with Gasteiger partial charge in [-0.15, -0.1) is 0 Å². The fraction of sp³-hybridized carbons (Fsp3) is 0.650. The lowest BCUT2D eigenvalue weighted by molar-refractivity contribution is 0.561. The van der Waals surface area contributed by atoms with Crippen LogP contribution in [0.4, 0.5) is 5.69 Å². The molecule has 1 aromatic heterocycles.